The predicted molar refractivity (Wildman–Crippen MR) is 62.6 cm³/mol. The Morgan fingerprint density at radius 1 is 1.56 bits per heavy atom. The lowest BCUT2D eigenvalue weighted by Gasteiger charge is -2.40. The van der Waals surface area contributed by atoms with E-state index in [4.69, 9.17) is 5.26 Å². The van der Waals surface area contributed by atoms with Crippen LogP contribution in [-0.2, 0) is 4.79 Å². The van der Waals surface area contributed by atoms with E-state index in [1.165, 1.54) is 0 Å². The van der Waals surface area contributed by atoms with Gasteiger partial charge in [-0.25, -0.2) is 0 Å². The number of unbranched alkanes of at least 4 members (excludes halogenated alkanes) is 1. The first kappa shape index (κ1) is 11.6. The van der Waals surface area contributed by atoms with Crippen LogP contribution in [0.3, 0.4) is 0 Å². The molecule has 0 amide bonds. The molecular weight excluding hydrogens is 198 g/mol. The highest BCUT2D eigenvalue weighted by Gasteiger charge is 2.61. The molecule has 3 aliphatic rings. The second-order valence-corrected chi connectivity index (χ2v) is 5.76. The second kappa shape index (κ2) is 4.20. The van der Waals surface area contributed by atoms with Crippen LogP contribution in [0.15, 0.2) is 0 Å². The van der Waals surface area contributed by atoms with Crippen LogP contribution < -0.4 is 0 Å². The Hall–Kier alpha value is -0.840. The van der Waals surface area contributed by atoms with Crippen LogP contribution in [0.5, 0.6) is 0 Å². The van der Waals surface area contributed by atoms with Crippen molar-refractivity contribution < 1.29 is 4.79 Å². The molecule has 0 N–H and O–H groups in total. The number of carbonyl (C=O) groups excluding carboxylic acids is 1. The quantitative estimate of drug-likeness (QED) is 0.711. The summed E-state index contributed by atoms with van der Waals surface area (Å²) in [5.74, 6) is 1.25. The molecule has 0 saturated heterocycles. The monoisotopic (exact) mass is 219 g/mol. The molecule has 0 aromatic rings. The minimum atomic E-state index is -0.216. The highest BCUT2D eigenvalue weighted by Crippen LogP contribution is 2.63. The highest BCUT2D eigenvalue weighted by atomic mass is 16.1. The van der Waals surface area contributed by atoms with Crippen molar-refractivity contribution in [3.8, 4) is 6.07 Å². The normalized spacial score (nSPS) is 37.6. The molecule has 0 aromatic heterocycles. The van der Waals surface area contributed by atoms with E-state index in [-0.39, 0.29) is 17.3 Å². The molecule has 3 aliphatic carbocycles. The molecule has 2 atom stereocenters. The summed E-state index contributed by atoms with van der Waals surface area (Å²) in [6.45, 7) is 4.20. The Kier molecular flexibility index (Phi) is 3.06. The third-order valence-electron chi connectivity index (χ3n) is 4.63. The average molecular weight is 219 g/mol. The van der Waals surface area contributed by atoms with Crippen molar-refractivity contribution in [2.45, 2.75) is 52.4 Å². The molecule has 3 rings (SSSR count). The first-order valence-electron chi connectivity index (χ1n) is 6.58. The van der Waals surface area contributed by atoms with Crippen LogP contribution >= 0.6 is 0 Å². The highest BCUT2D eigenvalue weighted by molar-refractivity contribution is 5.89. The number of ketones is 1. The summed E-state index contributed by atoms with van der Waals surface area (Å²) in [5.41, 5.74) is -0.216. The fraction of sp³-hybridized carbons (Fsp3) is 0.857. The van der Waals surface area contributed by atoms with Gasteiger partial charge in [0, 0.05) is 11.3 Å². The maximum Gasteiger partial charge on any atom is 0.143 e. The van der Waals surface area contributed by atoms with Gasteiger partial charge in [0.05, 0.1) is 12.0 Å². The third-order valence-corrected chi connectivity index (χ3v) is 4.63. The van der Waals surface area contributed by atoms with Crippen LogP contribution in [0.25, 0.3) is 0 Å². The van der Waals surface area contributed by atoms with E-state index in [2.05, 4.69) is 13.0 Å². The van der Waals surface area contributed by atoms with E-state index in [9.17, 15) is 4.79 Å². The molecular formula is C14H21NO. The number of nitrogens with zero attached hydrogens (tertiary/aromatic N) is 1. The Morgan fingerprint density at radius 3 is 2.81 bits per heavy atom. The fourth-order valence-electron chi connectivity index (χ4n) is 3.66. The van der Waals surface area contributed by atoms with E-state index < -0.39 is 0 Å². The van der Waals surface area contributed by atoms with Gasteiger partial charge in [0.1, 0.15) is 5.78 Å². The van der Waals surface area contributed by atoms with Crippen LogP contribution in [-0.4, -0.2) is 5.78 Å². The van der Waals surface area contributed by atoms with Gasteiger partial charge in [0.15, 0.2) is 0 Å². The Bertz CT molecular complexity index is 322. The SMILES string of the molecule is CCCC[C@@H](C)C(=O)C12CC(CC1C#N)C2. The molecule has 0 aromatic carbocycles. The summed E-state index contributed by atoms with van der Waals surface area (Å²) < 4.78 is 0. The molecule has 1 unspecified atom stereocenters. The molecule has 2 bridgehead atoms. The average Bonchev–Trinajstić information content (AvgIpc) is 2.78. The number of nitriles is 1. The van der Waals surface area contributed by atoms with E-state index in [0.717, 1.165) is 38.5 Å². The summed E-state index contributed by atoms with van der Waals surface area (Å²) in [4.78, 5) is 12.4. The van der Waals surface area contributed by atoms with Crippen molar-refractivity contribution in [2.24, 2.45) is 23.2 Å². The van der Waals surface area contributed by atoms with Crippen LogP contribution in [0, 0.1) is 34.5 Å². The van der Waals surface area contributed by atoms with Crippen molar-refractivity contribution >= 4 is 5.78 Å². The molecule has 0 heterocycles. The van der Waals surface area contributed by atoms with Crippen molar-refractivity contribution in [2.75, 3.05) is 0 Å². The number of rotatable bonds is 5. The number of hydrogen-bond acceptors (Lipinski definition) is 2. The van der Waals surface area contributed by atoms with Gasteiger partial charge in [-0.05, 0) is 31.6 Å². The fourth-order valence-corrected chi connectivity index (χ4v) is 3.66. The summed E-state index contributed by atoms with van der Waals surface area (Å²) in [5, 5.41) is 9.13. The van der Waals surface area contributed by atoms with Gasteiger partial charge in [-0.2, -0.15) is 5.26 Å². The number of fused-ring (bicyclic) bond motifs is 1. The summed E-state index contributed by atoms with van der Waals surface area (Å²) >= 11 is 0. The van der Waals surface area contributed by atoms with Crippen LogP contribution in [0.2, 0.25) is 0 Å². The summed E-state index contributed by atoms with van der Waals surface area (Å²) in [6, 6.07) is 2.37. The van der Waals surface area contributed by atoms with Crippen molar-refractivity contribution in [1.29, 1.82) is 5.26 Å². The lowest BCUT2D eigenvalue weighted by atomic mass is 9.61. The number of hydrogen-bond donors (Lipinski definition) is 0. The van der Waals surface area contributed by atoms with E-state index in [1.54, 1.807) is 0 Å². The maximum atomic E-state index is 12.4. The van der Waals surface area contributed by atoms with Crippen LogP contribution in [0.1, 0.15) is 52.4 Å². The lowest BCUT2D eigenvalue weighted by molar-refractivity contribution is -0.138. The Balaban J connectivity index is 2.02. The Morgan fingerprint density at radius 2 is 2.25 bits per heavy atom. The summed E-state index contributed by atoms with van der Waals surface area (Å²) in [7, 11) is 0. The minimum absolute atomic E-state index is 0.0223. The van der Waals surface area contributed by atoms with E-state index in [0.29, 0.717) is 11.7 Å². The van der Waals surface area contributed by atoms with Crippen LogP contribution in [0.4, 0.5) is 0 Å². The smallest absolute Gasteiger partial charge is 0.143 e. The van der Waals surface area contributed by atoms with E-state index >= 15 is 0 Å². The molecule has 0 spiro atoms. The van der Waals surface area contributed by atoms with Gasteiger partial charge in [-0.15, -0.1) is 0 Å². The Labute approximate surface area is 98.0 Å². The topological polar surface area (TPSA) is 40.9 Å². The molecule has 2 heteroatoms. The van der Waals surface area contributed by atoms with Gasteiger partial charge in [-0.1, -0.05) is 26.7 Å². The van der Waals surface area contributed by atoms with E-state index in [1.807, 2.05) is 6.92 Å². The maximum absolute atomic E-state index is 12.4. The first-order valence-corrected chi connectivity index (χ1v) is 6.58. The van der Waals surface area contributed by atoms with Gasteiger partial charge >= 0.3 is 0 Å². The molecule has 3 saturated carbocycles. The van der Waals surface area contributed by atoms with Crippen molar-refractivity contribution in [3.05, 3.63) is 0 Å². The summed E-state index contributed by atoms with van der Waals surface area (Å²) in [6.07, 6.45) is 6.25. The third kappa shape index (κ3) is 1.57. The first-order chi connectivity index (χ1) is 7.64. The van der Waals surface area contributed by atoms with Gasteiger partial charge in [0.25, 0.3) is 0 Å². The zero-order valence-corrected chi connectivity index (χ0v) is 10.3. The van der Waals surface area contributed by atoms with Gasteiger partial charge in [-0.3, -0.25) is 4.79 Å². The molecule has 2 nitrogen and oxygen atoms in total. The zero-order valence-electron chi connectivity index (χ0n) is 10.3. The largest absolute Gasteiger partial charge is 0.299 e. The van der Waals surface area contributed by atoms with Gasteiger partial charge in [0.2, 0.25) is 0 Å². The lowest BCUT2D eigenvalue weighted by Crippen LogP contribution is -2.42. The molecule has 3 fully saturated rings. The number of Topliss-reactive ketones (excluding diaryl/α,β-unsaturated/α-hetero) is 1. The minimum Gasteiger partial charge on any atom is -0.299 e. The van der Waals surface area contributed by atoms with Crippen molar-refractivity contribution in [3.63, 3.8) is 0 Å². The molecule has 88 valence electrons. The van der Waals surface area contributed by atoms with Crippen molar-refractivity contribution in [1.82, 2.24) is 0 Å². The van der Waals surface area contributed by atoms with Gasteiger partial charge < -0.3 is 0 Å². The second-order valence-electron chi connectivity index (χ2n) is 5.76. The molecule has 0 radical (unpaired) electrons. The molecule has 0 aliphatic heterocycles. The standard InChI is InChI=1S/C14H21NO/c1-3-4-5-10(2)13(16)14-7-11(8-14)6-12(14)9-15/h10-12H,3-8H2,1-2H3/t10-,11?,12?,14?/m1/s1. The molecule has 16 heavy (non-hydrogen) atoms. The number of carbonyl (C=O) groups is 1. The zero-order chi connectivity index (χ0) is 11.8. The predicted octanol–water partition coefficient (Wildman–Crippen LogP) is 3.32.